The van der Waals surface area contributed by atoms with Gasteiger partial charge in [0.2, 0.25) is 0 Å². The van der Waals surface area contributed by atoms with E-state index in [2.05, 4.69) is 12.2 Å². The lowest BCUT2D eigenvalue weighted by molar-refractivity contribution is -0.143. The molecule has 0 aromatic rings. The lowest BCUT2D eigenvalue weighted by atomic mass is 9.82. The SMILES string of the molecule is CC1CCCC(CNC(=O)N2CC(C)CC(C(=O)O)C2)C1. The standard InChI is InChI=1S/C16H28N2O3/c1-11-4-3-5-13(6-11)8-17-16(21)18-9-12(2)7-14(10-18)15(19)20/h11-14H,3-10H2,1-2H3,(H,17,21)(H,19,20). The van der Waals surface area contributed by atoms with Crippen molar-refractivity contribution in [3.8, 4) is 0 Å². The Bertz CT molecular complexity index is 386. The number of carboxylic acid groups (broad SMARTS) is 1. The zero-order valence-corrected chi connectivity index (χ0v) is 13.2. The molecular formula is C16H28N2O3. The fourth-order valence-corrected chi connectivity index (χ4v) is 3.78. The highest BCUT2D eigenvalue weighted by Gasteiger charge is 2.32. The molecule has 5 nitrogen and oxygen atoms in total. The van der Waals surface area contributed by atoms with Gasteiger partial charge in [-0.3, -0.25) is 4.79 Å². The zero-order chi connectivity index (χ0) is 15.4. The van der Waals surface area contributed by atoms with Crippen LogP contribution in [0, 0.1) is 23.7 Å². The third-order valence-corrected chi connectivity index (χ3v) is 4.88. The largest absolute Gasteiger partial charge is 0.481 e. The summed E-state index contributed by atoms with van der Waals surface area (Å²) in [7, 11) is 0. The molecule has 1 heterocycles. The molecule has 0 aromatic carbocycles. The summed E-state index contributed by atoms with van der Waals surface area (Å²) in [5.41, 5.74) is 0. The van der Waals surface area contributed by atoms with Crippen LogP contribution in [0.3, 0.4) is 0 Å². The van der Waals surface area contributed by atoms with Crippen molar-refractivity contribution in [1.29, 1.82) is 0 Å². The highest BCUT2D eigenvalue weighted by Crippen LogP contribution is 2.28. The Labute approximate surface area is 127 Å². The third-order valence-electron chi connectivity index (χ3n) is 4.88. The molecule has 2 aliphatic rings. The van der Waals surface area contributed by atoms with Gasteiger partial charge in [0.25, 0.3) is 0 Å². The molecule has 5 heteroatoms. The van der Waals surface area contributed by atoms with Crippen LogP contribution in [-0.4, -0.2) is 41.6 Å². The van der Waals surface area contributed by atoms with E-state index >= 15 is 0 Å². The second-order valence-electron chi connectivity index (χ2n) is 7.10. The summed E-state index contributed by atoms with van der Waals surface area (Å²) in [4.78, 5) is 25.1. The topological polar surface area (TPSA) is 69.6 Å². The molecule has 1 aliphatic carbocycles. The number of aliphatic carboxylic acids is 1. The number of carbonyl (C=O) groups is 2. The predicted octanol–water partition coefficient (Wildman–Crippen LogP) is 2.56. The molecule has 2 rings (SSSR count). The molecule has 0 bridgehead atoms. The Morgan fingerprint density at radius 2 is 1.90 bits per heavy atom. The van der Waals surface area contributed by atoms with Crippen molar-refractivity contribution in [2.45, 2.75) is 46.0 Å². The first-order valence-corrected chi connectivity index (χ1v) is 8.21. The van der Waals surface area contributed by atoms with Crippen LogP contribution in [0.4, 0.5) is 4.79 Å². The van der Waals surface area contributed by atoms with E-state index in [0.717, 1.165) is 12.5 Å². The fourth-order valence-electron chi connectivity index (χ4n) is 3.78. The molecule has 4 unspecified atom stereocenters. The van der Waals surface area contributed by atoms with Crippen molar-refractivity contribution < 1.29 is 14.7 Å². The van der Waals surface area contributed by atoms with E-state index in [1.165, 1.54) is 25.7 Å². The van der Waals surface area contributed by atoms with Gasteiger partial charge in [-0.05, 0) is 37.0 Å². The number of carboxylic acids is 1. The Hall–Kier alpha value is -1.26. The van der Waals surface area contributed by atoms with Crippen LogP contribution in [-0.2, 0) is 4.79 Å². The normalized spacial score (nSPS) is 33.5. The van der Waals surface area contributed by atoms with E-state index in [-0.39, 0.29) is 11.9 Å². The van der Waals surface area contributed by atoms with Crippen LogP contribution in [0.2, 0.25) is 0 Å². The number of rotatable bonds is 3. The quantitative estimate of drug-likeness (QED) is 0.841. The number of carbonyl (C=O) groups excluding carboxylic acids is 1. The van der Waals surface area contributed by atoms with Crippen molar-refractivity contribution in [2.24, 2.45) is 23.7 Å². The maximum absolute atomic E-state index is 12.3. The minimum absolute atomic E-state index is 0.0916. The Morgan fingerprint density at radius 3 is 2.57 bits per heavy atom. The number of amides is 2. The predicted molar refractivity (Wildman–Crippen MR) is 81.0 cm³/mol. The van der Waals surface area contributed by atoms with Gasteiger partial charge in [0.1, 0.15) is 0 Å². The smallest absolute Gasteiger partial charge is 0.317 e. The van der Waals surface area contributed by atoms with Gasteiger partial charge in [0, 0.05) is 19.6 Å². The molecule has 0 spiro atoms. The van der Waals surface area contributed by atoms with Gasteiger partial charge >= 0.3 is 12.0 Å². The Morgan fingerprint density at radius 1 is 1.14 bits per heavy atom. The number of nitrogens with one attached hydrogen (secondary N) is 1. The molecule has 4 atom stereocenters. The first kappa shape index (κ1) is 16.1. The highest BCUT2D eigenvalue weighted by atomic mass is 16.4. The number of nitrogens with zero attached hydrogens (tertiary/aromatic N) is 1. The van der Waals surface area contributed by atoms with Gasteiger partial charge in [-0.15, -0.1) is 0 Å². The second-order valence-corrected chi connectivity index (χ2v) is 7.10. The molecule has 21 heavy (non-hydrogen) atoms. The zero-order valence-electron chi connectivity index (χ0n) is 13.2. The monoisotopic (exact) mass is 296 g/mol. The number of likely N-dealkylation sites (tertiary alicyclic amines) is 1. The van der Waals surface area contributed by atoms with Gasteiger partial charge in [0.05, 0.1) is 5.92 Å². The third kappa shape index (κ3) is 4.61. The highest BCUT2D eigenvalue weighted by molar-refractivity contribution is 5.76. The number of urea groups is 1. The van der Waals surface area contributed by atoms with Crippen LogP contribution in [0.15, 0.2) is 0 Å². The first-order chi connectivity index (χ1) is 9.95. The minimum atomic E-state index is -0.791. The molecule has 2 amide bonds. The Kier molecular flexibility index (Phi) is 5.48. The molecule has 2 N–H and O–H groups in total. The van der Waals surface area contributed by atoms with Crippen molar-refractivity contribution >= 4 is 12.0 Å². The van der Waals surface area contributed by atoms with Gasteiger partial charge in [-0.1, -0.05) is 26.7 Å². The second kappa shape index (κ2) is 7.14. The average molecular weight is 296 g/mol. The molecule has 1 saturated carbocycles. The summed E-state index contributed by atoms with van der Waals surface area (Å²) in [6.45, 7) is 6.02. The Balaban J connectivity index is 1.80. The number of piperidine rings is 1. The maximum Gasteiger partial charge on any atom is 0.317 e. The van der Waals surface area contributed by atoms with E-state index in [4.69, 9.17) is 5.11 Å². The molecular weight excluding hydrogens is 268 g/mol. The molecule has 0 aromatic heterocycles. The van der Waals surface area contributed by atoms with Crippen LogP contribution < -0.4 is 5.32 Å². The van der Waals surface area contributed by atoms with Gasteiger partial charge in [-0.25, -0.2) is 4.79 Å². The van der Waals surface area contributed by atoms with Crippen LogP contribution >= 0.6 is 0 Å². The molecule has 1 saturated heterocycles. The summed E-state index contributed by atoms with van der Waals surface area (Å²) in [6.07, 6.45) is 5.60. The summed E-state index contributed by atoms with van der Waals surface area (Å²) in [5, 5.41) is 12.2. The average Bonchev–Trinajstić information content (AvgIpc) is 2.44. The lowest BCUT2D eigenvalue weighted by Crippen LogP contribution is -2.50. The van der Waals surface area contributed by atoms with Crippen molar-refractivity contribution in [1.82, 2.24) is 10.2 Å². The van der Waals surface area contributed by atoms with E-state index < -0.39 is 11.9 Å². The van der Waals surface area contributed by atoms with E-state index in [1.807, 2.05) is 6.92 Å². The van der Waals surface area contributed by atoms with Crippen LogP contribution in [0.1, 0.15) is 46.0 Å². The maximum atomic E-state index is 12.3. The van der Waals surface area contributed by atoms with E-state index in [1.54, 1.807) is 4.90 Å². The van der Waals surface area contributed by atoms with Crippen molar-refractivity contribution in [3.63, 3.8) is 0 Å². The summed E-state index contributed by atoms with van der Waals surface area (Å²) >= 11 is 0. The van der Waals surface area contributed by atoms with E-state index in [9.17, 15) is 9.59 Å². The molecule has 1 aliphatic heterocycles. The van der Waals surface area contributed by atoms with Crippen molar-refractivity contribution in [2.75, 3.05) is 19.6 Å². The first-order valence-electron chi connectivity index (χ1n) is 8.21. The number of hydrogen-bond acceptors (Lipinski definition) is 2. The summed E-state index contributed by atoms with van der Waals surface area (Å²) in [6, 6.07) is -0.0916. The molecule has 0 radical (unpaired) electrons. The van der Waals surface area contributed by atoms with E-state index in [0.29, 0.717) is 25.4 Å². The summed E-state index contributed by atoms with van der Waals surface area (Å²) in [5.74, 6) is 0.372. The lowest BCUT2D eigenvalue weighted by Gasteiger charge is -2.35. The molecule has 2 fully saturated rings. The van der Waals surface area contributed by atoms with Crippen LogP contribution in [0.25, 0.3) is 0 Å². The number of hydrogen-bond donors (Lipinski definition) is 2. The minimum Gasteiger partial charge on any atom is -0.481 e. The van der Waals surface area contributed by atoms with Gasteiger partial charge < -0.3 is 15.3 Å². The van der Waals surface area contributed by atoms with Crippen molar-refractivity contribution in [3.05, 3.63) is 0 Å². The summed E-state index contributed by atoms with van der Waals surface area (Å²) < 4.78 is 0. The van der Waals surface area contributed by atoms with Gasteiger partial charge in [0.15, 0.2) is 0 Å². The van der Waals surface area contributed by atoms with Crippen LogP contribution in [0.5, 0.6) is 0 Å². The fraction of sp³-hybridized carbons (Fsp3) is 0.875. The van der Waals surface area contributed by atoms with Gasteiger partial charge in [-0.2, -0.15) is 0 Å². The molecule has 120 valence electrons.